The Kier molecular flexibility index (Phi) is 5.53. The van der Waals surface area contributed by atoms with Crippen molar-refractivity contribution in [1.29, 1.82) is 0 Å². The molecule has 0 radical (unpaired) electrons. The zero-order valence-corrected chi connectivity index (χ0v) is 24.1. The van der Waals surface area contributed by atoms with E-state index in [-0.39, 0.29) is 0 Å². The van der Waals surface area contributed by atoms with Crippen molar-refractivity contribution in [1.82, 2.24) is 14.5 Å². The Bertz CT molecular complexity index is 2630. The van der Waals surface area contributed by atoms with E-state index >= 15 is 0 Å². The molecule has 3 aromatic heterocycles. The van der Waals surface area contributed by atoms with E-state index in [4.69, 9.17) is 16.5 Å². The lowest BCUT2D eigenvalue weighted by molar-refractivity contribution is 1.18. The van der Waals surface area contributed by atoms with Gasteiger partial charge in [0.1, 0.15) is 0 Å². The maximum Gasteiger partial charge on any atom is 0.188 e. The summed E-state index contributed by atoms with van der Waals surface area (Å²) in [5.41, 5.74) is 10.2. The normalized spacial score (nSPS) is 11.5. The van der Waals surface area contributed by atoms with Crippen molar-refractivity contribution in [2.24, 2.45) is 0 Å². The van der Waals surface area contributed by atoms with Gasteiger partial charge in [-0.05, 0) is 65.0 Å². The van der Waals surface area contributed by atoms with Crippen LogP contribution in [0.5, 0.6) is 0 Å². The predicted octanol–water partition coefficient (Wildman–Crippen LogP) is 10.9. The highest BCUT2D eigenvalue weighted by molar-refractivity contribution is 6.21. The van der Waals surface area contributed by atoms with Gasteiger partial charge in [0.2, 0.25) is 0 Å². The van der Waals surface area contributed by atoms with Crippen LogP contribution in [0.25, 0.3) is 87.3 Å². The van der Waals surface area contributed by atoms with E-state index in [0.717, 1.165) is 82.5 Å². The topological polar surface area (TPSA) is 35.1 Å². The summed E-state index contributed by atoms with van der Waals surface area (Å²) in [5, 5.41) is 6.67. The van der Waals surface area contributed by atoms with Crippen LogP contribution >= 0.6 is 0 Å². The van der Waals surface area contributed by atoms with Gasteiger partial charge < -0.3 is 4.57 Å². The van der Waals surface area contributed by atoms with Crippen molar-refractivity contribution < 1.29 is 0 Å². The molecule has 0 saturated heterocycles. The zero-order chi connectivity index (χ0) is 29.9. The molecule has 4 nitrogen and oxygen atoms in total. The molecule has 0 bridgehead atoms. The molecule has 0 aliphatic rings. The lowest BCUT2D eigenvalue weighted by Crippen LogP contribution is -1.93. The quantitative estimate of drug-likeness (QED) is 0.156. The zero-order valence-electron chi connectivity index (χ0n) is 24.1. The van der Waals surface area contributed by atoms with Gasteiger partial charge in [-0.3, -0.25) is 4.98 Å². The van der Waals surface area contributed by atoms with Gasteiger partial charge >= 0.3 is 0 Å². The number of aromatic nitrogens is 3. The number of hydrogen-bond acceptors (Lipinski definition) is 2. The van der Waals surface area contributed by atoms with Gasteiger partial charge in [-0.25, -0.2) is 9.83 Å². The van der Waals surface area contributed by atoms with Crippen LogP contribution in [0, 0.1) is 6.57 Å². The smallest absolute Gasteiger partial charge is 0.188 e. The van der Waals surface area contributed by atoms with Crippen LogP contribution in [0.15, 0.2) is 146 Å². The molecule has 4 heteroatoms. The fourth-order valence-corrected chi connectivity index (χ4v) is 6.73. The van der Waals surface area contributed by atoms with Crippen LogP contribution in [0.4, 0.5) is 5.69 Å². The summed E-state index contributed by atoms with van der Waals surface area (Å²) in [6, 6.07) is 48.4. The lowest BCUT2D eigenvalue weighted by Gasteiger charge is -2.12. The van der Waals surface area contributed by atoms with Crippen molar-refractivity contribution in [2.45, 2.75) is 0 Å². The minimum atomic E-state index is 0.641. The van der Waals surface area contributed by atoms with E-state index < -0.39 is 0 Å². The average Bonchev–Trinajstić information content (AvgIpc) is 3.44. The minimum absolute atomic E-state index is 0.641. The first-order valence-electron chi connectivity index (χ1n) is 14.9. The van der Waals surface area contributed by atoms with Gasteiger partial charge in [-0.1, -0.05) is 91.0 Å². The molecule has 0 N–H and O–H groups in total. The highest BCUT2D eigenvalue weighted by Crippen LogP contribution is 2.39. The first-order chi connectivity index (χ1) is 22.3. The molecule has 208 valence electrons. The van der Waals surface area contributed by atoms with Gasteiger partial charge in [0.05, 0.1) is 34.3 Å². The molecule has 6 aromatic carbocycles. The second-order valence-electron chi connectivity index (χ2n) is 11.3. The summed E-state index contributed by atoms with van der Waals surface area (Å²) in [6.45, 7) is 7.61. The number of pyridine rings is 2. The maximum absolute atomic E-state index is 7.61. The molecule has 0 unspecified atom stereocenters. The summed E-state index contributed by atoms with van der Waals surface area (Å²) >= 11 is 0. The molecule has 0 aliphatic carbocycles. The summed E-state index contributed by atoms with van der Waals surface area (Å²) < 4.78 is 2.28. The maximum atomic E-state index is 7.61. The molecule has 0 atom stereocenters. The largest absolute Gasteiger partial charge is 0.309 e. The first-order valence-corrected chi connectivity index (χ1v) is 14.9. The molecule has 0 amide bonds. The predicted molar refractivity (Wildman–Crippen MR) is 186 cm³/mol. The van der Waals surface area contributed by atoms with Gasteiger partial charge in [0.25, 0.3) is 0 Å². The first kappa shape index (κ1) is 25.2. The Morgan fingerprint density at radius 1 is 0.556 bits per heavy atom. The van der Waals surface area contributed by atoms with E-state index in [1.807, 2.05) is 36.5 Å². The van der Waals surface area contributed by atoms with Crippen LogP contribution in [0.3, 0.4) is 0 Å². The van der Waals surface area contributed by atoms with Gasteiger partial charge in [0.15, 0.2) is 5.69 Å². The average molecular weight is 573 g/mol. The van der Waals surface area contributed by atoms with Crippen molar-refractivity contribution in [3.63, 3.8) is 0 Å². The van der Waals surface area contributed by atoms with Crippen LogP contribution < -0.4 is 0 Å². The van der Waals surface area contributed by atoms with Crippen LogP contribution in [0.2, 0.25) is 0 Å². The second-order valence-corrected chi connectivity index (χ2v) is 11.3. The van der Waals surface area contributed by atoms with E-state index in [1.54, 1.807) is 0 Å². The van der Waals surface area contributed by atoms with E-state index in [9.17, 15) is 0 Å². The van der Waals surface area contributed by atoms with E-state index in [0.29, 0.717) is 5.69 Å². The molecule has 0 saturated carbocycles. The van der Waals surface area contributed by atoms with Crippen molar-refractivity contribution in [3.8, 4) is 28.1 Å². The second kappa shape index (κ2) is 9.87. The Labute approximate surface area is 259 Å². The van der Waals surface area contributed by atoms with Crippen molar-refractivity contribution in [3.05, 3.63) is 157 Å². The molecule has 0 spiro atoms. The monoisotopic (exact) mass is 572 g/mol. The highest BCUT2D eigenvalue weighted by atomic mass is 15.0. The van der Waals surface area contributed by atoms with Gasteiger partial charge in [-0.15, -0.1) is 0 Å². The number of rotatable bonds is 3. The molecule has 9 rings (SSSR count). The molecule has 45 heavy (non-hydrogen) atoms. The SMILES string of the molecule is [C-]#[N+]c1ccc2c(c1)c1cc(-c3ccc(-c4nc5ccccc5c5c4ccc4cccnc45)cc3)ccc1n2-c1ccccc1. The third-order valence-electron chi connectivity index (χ3n) is 8.82. The Morgan fingerprint density at radius 3 is 2.13 bits per heavy atom. The van der Waals surface area contributed by atoms with E-state index in [2.05, 4.69) is 119 Å². The number of fused-ring (bicyclic) bond motifs is 8. The van der Waals surface area contributed by atoms with Crippen molar-refractivity contribution >= 4 is 60.1 Å². The van der Waals surface area contributed by atoms with Gasteiger partial charge in [-0.2, -0.15) is 0 Å². The number of para-hydroxylation sites is 2. The standard InChI is InChI=1S/C41H24N4/c1-42-30-19-22-38-35(25-30)34-24-29(18-21-37(34)45(38)31-9-3-2-4-10-31)26-13-15-28(16-14-26)40-33-20-17-27-8-7-23-43-41(27)39(33)32-11-5-6-12-36(32)44-40/h2-25H. The molecule has 3 heterocycles. The molecule has 0 aliphatic heterocycles. The van der Waals surface area contributed by atoms with Gasteiger partial charge in [0, 0.05) is 44.4 Å². The third-order valence-corrected chi connectivity index (χ3v) is 8.82. The molecule has 9 aromatic rings. The summed E-state index contributed by atoms with van der Waals surface area (Å²) in [6.07, 6.45) is 1.86. The van der Waals surface area contributed by atoms with Crippen LogP contribution in [-0.2, 0) is 0 Å². The van der Waals surface area contributed by atoms with Crippen molar-refractivity contribution in [2.75, 3.05) is 0 Å². The summed E-state index contributed by atoms with van der Waals surface area (Å²) in [4.78, 5) is 13.6. The number of nitrogens with zero attached hydrogens (tertiary/aromatic N) is 4. The van der Waals surface area contributed by atoms with E-state index in [1.165, 1.54) is 0 Å². The van der Waals surface area contributed by atoms with Crippen LogP contribution in [0.1, 0.15) is 0 Å². The third kappa shape index (κ3) is 3.92. The number of benzene rings is 6. The fraction of sp³-hybridized carbons (Fsp3) is 0. The Morgan fingerprint density at radius 2 is 1.29 bits per heavy atom. The Balaban J connectivity index is 1.20. The highest BCUT2D eigenvalue weighted by Gasteiger charge is 2.16. The fourth-order valence-electron chi connectivity index (χ4n) is 6.73. The summed E-state index contributed by atoms with van der Waals surface area (Å²) in [7, 11) is 0. The number of hydrogen-bond donors (Lipinski definition) is 0. The molecular formula is C41H24N4. The summed E-state index contributed by atoms with van der Waals surface area (Å²) in [5.74, 6) is 0. The lowest BCUT2D eigenvalue weighted by atomic mass is 9.96. The minimum Gasteiger partial charge on any atom is -0.309 e. The molecule has 0 fully saturated rings. The molecular weight excluding hydrogens is 548 g/mol. The van der Waals surface area contributed by atoms with Crippen LogP contribution in [-0.4, -0.2) is 14.5 Å². The Hall–Kier alpha value is -6.31.